The molecule has 4 rings (SSSR count). The maximum Gasteiger partial charge on any atom is 0.0854 e. The third-order valence-electron chi connectivity index (χ3n) is 6.37. The molecule has 1 aromatic heterocycles. The lowest BCUT2D eigenvalue weighted by Crippen LogP contribution is -2.32. The zero-order valence-corrected chi connectivity index (χ0v) is 17.2. The molecule has 0 amide bonds. The number of rotatable bonds is 7. The molecule has 2 atom stereocenters. The van der Waals surface area contributed by atoms with E-state index in [2.05, 4.69) is 39.1 Å². The molecule has 1 aromatic carbocycles. The molecule has 2 aliphatic rings. The molecule has 0 spiro atoms. The lowest BCUT2D eigenvalue weighted by atomic mass is 9.81. The molecule has 5 heteroatoms. The van der Waals surface area contributed by atoms with Crippen LogP contribution in [0.2, 0.25) is 0 Å². The second kappa shape index (κ2) is 9.51. The minimum atomic E-state index is -0.293. The monoisotopic (exact) mass is 393 g/mol. The highest BCUT2D eigenvalue weighted by molar-refractivity contribution is 5.58. The zero-order valence-electron chi connectivity index (χ0n) is 17.2. The summed E-state index contributed by atoms with van der Waals surface area (Å²) in [6.45, 7) is 1.50. The molecule has 154 valence electrons. The molecule has 0 radical (unpaired) electrons. The van der Waals surface area contributed by atoms with Gasteiger partial charge in [0.2, 0.25) is 0 Å². The molecule has 1 N–H and O–H groups in total. The second-order valence-electron chi connectivity index (χ2n) is 8.27. The summed E-state index contributed by atoms with van der Waals surface area (Å²) < 4.78 is 6.08. The van der Waals surface area contributed by atoms with Crippen molar-refractivity contribution in [2.24, 2.45) is 10.9 Å². The number of fused-ring (bicyclic) bond motifs is 1. The Morgan fingerprint density at radius 3 is 2.79 bits per heavy atom. The summed E-state index contributed by atoms with van der Waals surface area (Å²) in [5.74, 6) is 0.349. The van der Waals surface area contributed by atoms with Crippen LogP contribution in [0.5, 0.6) is 0 Å². The van der Waals surface area contributed by atoms with Gasteiger partial charge in [0.15, 0.2) is 0 Å². The summed E-state index contributed by atoms with van der Waals surface area (Å²) in [5, 5.41) is 11.0. The SMILES string of the molecule is CN=CN1Cc2ccccc2C1CC(O)C1CCC(OCc2cccnc2)CC1. The van der Waals surface area contributed by atoms with Crippen LogP contribution in [0, 0.1) is 5.92 Å². The number of hydrogen-bond acceptors (Lipinski definition) is 4. The quantitative estimate of drug-likeness (QED) is 0.568. The Bertz CT molecular complexity index is 803. The van der Waals surface area contributed by atoms with Crippen LogP contribution >= 0.6 is 0 Å². The number of ether oxygens (including phenoxy) is 1. The number of nitrogens with zero attached hydrogens (tertiary/aromatic N) is 3. The highest BCUT2D eigenvalue weighted by atomic mass is 16.5. The van der Waals surface area contributed by atoms with Crippen molar-refractivity contribution in [2.75, 3.05) is 7.05 Å². The molecule has 2 unspecified atom stereocenters. The van der Waals surface area contributed by atoms with Gasteiger partial charge in [-0.15, -0.1) is 0 Å². The van der Waals surface area contributed by atoms with Crippen LogP contribution in [0.3, 0.4) is 0 Å². The minimum absolute atomic E-state index is 0.212. The van der Waals surface area contributed by atoms with Gasteiger partial charge in [0.05, 0.1) is 31.2 Å². The summed E-state index contributed by atoms with van der Waals surface area (Å²) in [5.41, 5.74) is 3.80. The first-order chi connectivity index (χ1) is 14.2. The van der Waals surface area contributed by atoms with E-state index < -0.39 is 0 Å². The van der Waals surface area contributed by atoms with E-state index in [0.717, 1.165) is 44.2 Å². The normalized spacial score (nSPS) is 25.3. The molecule has 1 aliphatic heterocycles. The summed E-state index contributed by atoms with van der Waals surface area (Å²) in [7, 11) is 1.81. The molecule has 2 heterocycles. The Kier molecular flexibility index (Phi) is 6.57. The number of aliphatic hydroxyl groups is 1. The van der Waals surface area contributed by atoms with Crippen LogP contribution < -0.4 is 0 Å². The minimum Gasteiger partial charge on any atom is -0.393 e. The fourth-order valence-electron chi connectivity index (χ4n) is 4.78. The largest absolute Gasteiger partial charge is 0.393 e. The predicted molar refractivity (Wildman–Crippen MR) is 115 cm³/mol. The van der Waals surface area contributed by atoms with Gasteiger partial charge in [0.1, 0.15) is 0 Å². The number of aromatic nitrogens is 1. The number of aliphatic imine (C=N–C) groups is 1. The smallest absolute Gasteiger partial charge is 0.0854 e. The fraction of sp³-hybridized carbons (Fsp3) is 0.500. The first-order valence-electron chi connectivity index (χ1n) is 10.7. The molecule has 1 fully saturated rings. The van der Waals surface area contributed by atoms with Gasteiger partial charge >= 0.3 is 0 Å². The van der Waals surface area contributed by atoms with Crippen LogP contribution in [0.15, 0.2) is 53.8 Å². The highest BCUT2D eigenvalue weighted by Crippen LogP contribution is 2.39. The van der Waals surface area contributed by atoms with Crippen molar-refractivity contribution in [3.8, 4) is 0 Å². The van der Waals surface area contributed by atoms with Crippen LogP contribution in [0.1, 0.15) is 54.8 Å². The van der Waals surface area contributed by atoms with Crippen LogP contribution in [-0.4, -0.2) is 40.6 Å². The van der Waals surface area contributed by atoms with E-state index in [4.69, 9.17) is 4.74 Å². The van der Waals surface area contributed by atoms with Crippen LogP contribution in [0.4, 0.5) is 0 Å². The lowest BCUT2D eigenvalue weighted by molar-refractivity contribution is -0.0177. The summed E-state index contributed by atoms with van der Waals surface area (Å²) in [6.07, 6.45) is 10.4. The van der Waals surface area contributed by atoms with Gasteiger partial charge in [-0.1, -0.05) is 30.3 Å². The topological polar surface area (TPSA) is 58.0 Å². The van der Waals surface area contributed by atoms with Gasteiger partial charge in [-0.25, -0.2) is 0 Å². The van der Waals surface area contributed by atoms with Gasteiger partial charge < -0.3 is 14.7 Å². The van der Waals surface area contributed by atoms with E-state index in [-0.39, 0.29) is 18.2 Å². The van der Waals surface area contributed by atoms with E-state index >= 15 is 0 Å². The maximum atomic E-state index is 11.0. The van der Waals surface area contributed by atoms with Crippen molar-refractivity contribution in [1.29, 1.82) is 0 Å². The molecule has 5 nitrogen and oxygen atoms in total. The molecular weight excluding hydrogens is 362 g/mol. The van der Waals surface area contributed by atoms with Gasteiger partial charge in [0.25, 0.3) is 0 Å². The molecule has 0 saturated heterocycles. The van der Waals surface area contributed by atoms with E-state index in [1.54, 1.807) is 6.20 Å². The van der Waals surface area contributed by atoms with Gasteiger partial charge in [-0.2, -0.15) is 0 Å². The summed E-state index contributed by atoms with van der Waals surface area (Å²) in [4.78, 5) is 10.6. The Hall–Kier alpha value is -2.24. The van der Waals surface area contributed by atoms with Gasteiger partial charge in [-0.3, -0.25) is 9.98 Å². The van der Waals surface area contributed by atoms with Gasteiger partial charge in [0, 0.05) is 26.0 Å². The van der Waals surface area contributed by atoms with Gasteiger partial charge in [-0.05, 0) is 60.8 Å². The third kappa shape index (κ3) is 4.85. The molecule has 1 saturated carbocycles. The Balaban J connectivity index is 1.30. The summed E-state index contributed by atoms with van der Waals surface area (Å²) >= 11 is 0. The Labute approximate surface area is 173 Å². The van der Waals surface area contributed by atoms with E-state index in [0.29, 0.717) is 12.5 Å². The molecule has 2 aromatic rings. The number of pyridine rings is 1. The average molecular weight is 394 g/mol. The highest BCUT2D eigenvalue weighted by Gasteiger charge is 2.34. The van der Waals surface area contributed by atoms with Crippen LogP contribution in [0.25, 0.3) is 0 Å². The van der Waals surface area contributed by atoms with Crippen molar-refractivity contribution in [1.82, 2.24) is 9.88 Å². The van der Waals surface area contributed by atoms with E-state index in [1.807, 2.05) is 31.7 Å². The van der Waals surface area contributed by atoms with Crippen molar-refractivity contribution >= 4 is 6.34 Å². The van der Waals surface area contributed by atoms with E-state index in [9.17, 15) is 5.11 Å². The standard InChI is InChI=1S/C24H31N3O2/c1-25-17-27-15-20-6-2-3-7-22(20)23(27)13-24(28)19-8-10-21(11-9-19)29-16-18-5-4-12-26-14-18/h2-7,12,14,17,19,21,23-24,28H,8-11,13,15-16H2,1H3. The van der Waals surface area contributed by atoms with Crippen molar-refractivity contribution in [3.05, 3.63) is 65.5 Å². The van der Waals surface area contributed by atoms with Crippen molar-refractivity contribution in [2.45, 2.75) is 63.5 Å². The Morgan fingerprint density at radius 2 is 2.03 bits per heavy atom. The lowest BCUT2D eigenvalue weighted by Gasteiger charge is -2.34. The molecule has 1 aliphatic carbocycles. The average Bonchev–Trinajstić information content (AvgIpc) is 3.11. The van der Waals surface area contributed by atoms with Crippen LogP contribution in [-0.2, 0) is 17.9 Å². The first kappa shape index (κ1) is 20.0. The van der Waals surface area contributed by atoms with Crippen molar-refractivity contribution < 1.29 is 9.84 Å². The zero-order chi connectivity index (χ0) is 20.1. The first-order valence-corrected chi connectivity index (χ1v) is 10.7. The van der Waals surface area contributed by atoms with E-state index in [1.165, 1.54) is 11.1 Å². The molecule has 0 bridgehead atoms. The summed E-state index contributed by atoms with van der Waals surface area (Å²) in [6, 6.07) is 12.8. The van der Waals surface area contributed by atoms with Crippen molar-refractivity contribution in [3.63, 3.8) is 0 Å². The third-order valence-corrected chi connectivity index (χ3v) is 6.37. The number of aliphatic hydroxyl groups excluding tert-OH is 1. The second-order valence-corrected chi connectivity index (χ2v) is 8.27. The fourth-order valence-corrected chi connectivity index (χ4v) is 4.78. The number of hydrogen-bond donors (Lipinski definition) is 1. The number of benzene rings is 1. The molecular formula is C24H31N3O2. The predicted octanol–water partition coefficient (Wildman–Crippen LogP) is 4.12. The Morgan fingerprint density at radius 1 is 1.21 bits per heavy atom. The molecule has 29 heavy (non-hydrogen) atoms. The maximum absolute atomic E-state index is 11.0.